The van der Waals surface area contributed by atoms with E-state index in [-0.39, 0.29) is 35.6 Å². The highest BCUT2D eigenvalue weighted by atomic mass is 32.2. The van der Waals surface area contributed by atoms with Gasteiger partial charge in [0.15, 0.2) is 0 Å². The van der Waals surface area contributed by atoms with Crippen molar-refractivity contribution in [3.63, 3.8) is 0 Å². The van der Waals surface area contributed by atoms with E-state index in [0.29, 0.717) is 37.1 Å². The first-order valence-electron chi connectivity index (χ1n) is 12.0. The van der Waals surface area contributed by atoms with Crippen LogP contribution in [0.25, 0.3) is 0 Å². The monoisotopic (exact) mass is 495 g/mol. The normalized spacial score (nSPS) is 19.3. The number of allylic oxidation sites excluding steroid dienone is 3. The number of nitrogens with two attached hydrogens (primary N) is 1. The molecule has 1 aliphatic heterocycles. The van der Waals surface area contributed by atoms with Crippen LogP contribution >= 0.6 is 0 Å². The minimum atomic E-state index is -3.70. The molecule has 1 amide bonds. The number of benzene rings is 1. The third kappa shape index (κ3) is 7.92. The summed E-state index contributed by atoms with van der Waals surface area (Å²) in [5.74, 6) is 0.211. The minimum Gasteiger partial charge on any atom is -0.497 e. The van der Waals surface area contributed by atoms with Gasteiger partial charge in [-0.2, -0.15) is 0 Å². The number of rotatable bonds is 9. The van der Waals surface area contributed by atoms with Crippen molar-refractivity contribution in [2.45, 2.75) is 75.8 Å². The predicted octanol–water partition coefficient (Wildman–Crippen LogP) is 4.06. The number of sulfonamides is 1. The number of nitrogens with zero attached hydrogens (tertiary/aromatic N) is 1. The van der Waals surface area contributed by atoms with Crippen LogP contribution in [0.5, 0.6) is 5.75 Å². The highest BCUT2D eigenvalue weighted by Crippen LogP contribution is 2.25. The standard InChI is InChI=1S/C23H32FN3O4S.C2H6/c1-31-20-9-11-21(12-10-20)32(29,30)26-16-19-7-5-13-27(19)23(28)15-18(25)14-17-6-3-2-4-8-22(17)24;1-2/h6,8-12,18-19,26H,2-5,7,13-16,25H2,1H3;1-2H3/t18?,19-;/m0./s1. The topological polar surface area (TPSA) is 102 Å². The molecule has 0 radical (unpaired) electrons. The summed E-state index contributed by atoms with van der Waals surface area (Å²) < 4.78 is 47.0. The fraction of sp³-hybridized carbons (Fsp3) is 0.560. The highest BCUT2D eigenvalue weighted by Gasteiger charge is 2.31. The summed E-state index contributed by atoms with van der Waals surface area (Å²) in [5, 5.41) is 0. The van der Waals surface area contributed by atoms with Crippen LogP contribution < -0.4 is 15.2 Å². The molecule has 2 atom stereocenters. The zero-order chi connectivity index (χ0) is 25.1. The molecule has 3 N–H and O–H groups in total. The number of nitrogens with one attached hydrogen (secondary N) is 1. The zero-order valence-corrected chi connectivity index (χ0v) is 21.2. The predicted molar refractivity (Wildman–Crippen MR) is 133 cm³/mol. The molecule has 1 aromatic rings. The van der Waals surface area contributed by atoms with E-state index in [4.69, 9.17) is 10.5 Å². The first-order chi connectivity index (χ1) is 16.3. The number of hydrogen-bond acceptors (Lipinski definition) is 5. The van der Waals surface area contributed by atoms with Gasteiger partial charge in [0.05, 0.1) is 12.0 Å². The number of halogens is 1. The van der Waals surface area contributed by atoms with Gasteiger partial charge in [0, 0.05) is 31.6 Å². The molecule has 7 nitrogen and oxygen atoms in total. The maximum absolute atomic E-state index is 14.1. The number of methoxy groups -OCH3 is 1. The van der Waals surface area contributed by atoms with Crippen LogP contribution in [0.1, 0.15) is 58.8 Å². The second kappa shape index (κ2) is 13.6. The van der Waals surface area contributed by atoms with E-state index < -0.39 is 16.1 Å². The lowest BCUT2D eigenvalue weighted by atomic mass is 10.0. The Balaban J connectivity index is 0.00000199. The Labute approximate surface area is 203 Å². The van der Waals surface area contributed by atoms with Crippen molar-refractivity contribution in [1.29, 1.82) is 0 Å². The number of carbonyl (C=O) groups excluding carboxylic acids is 1. The average molecular weight is 496 g/mol. The van der Waals surface area contributed by atoms with Gasteiger partial charge >= 0.3 is 0 Å². The Morgan fingerprint density at radius 3 is 2.56 bits per heavy atom. The van der Waals surface area contributed by atoms with Crippen molar-refractivity contribution < 1.29 is 22.3 Å². The smallest absolute Gasteiger partial charge is 0.240 e. The van der Waals surface area contributed by atoms with Gasteiger partial charge < -0.3 is 15.4 Å². The Hall–Kier alpha value is -2.23. The molecular formula is C25H38FN3O4S. The van der Waals surface area contributed by atoms with E-state index in [1.54, 1.807) is 23.1 Å². The van der Waals surface area contributed by atoms with Crippen LogP contribution in [0.2, 0.25) is 0 Å². The number of amides is 1. The van der Waals surface area contributed by atoms with Crippen LogP contribution in [-0.2, 0) is 14.8 Å². The van der Waals surface area contributed by atoms with Crippen molar-refractivity contribution in [1.82, 2.24) is 9.62 Å². The number of carbonyl (C=O) groups is 1. The molecule has 1 heterocycles. The first kappa shape index (κ1) is 28.0. The molecule has 0 aromatic heterocycles. The number of hydrogen-bond donors (Lipinski definition) is 2. The molecule has 1 aliphatic carbocycles. The quantitative estimate of drug-likeness (QED) is 0.538. The summed E-state index contributed by atoms with van der Waals surface area (Å²) in [7, 11) is -2.18. The zero-order valence-electron chi connectivity index (χ0n) is 20.4. The van der Waals surface area contributed by atoms with Crippen LogP contribution in [-0.4, -0.2) is 51.5 Å². The van der Waals surface area contributed by atoms with Crippen molar-refractivity contribution in [2.75, 3.05) is 20.2 Å². The van der Waals surface area contributed by atoms with Gasteiger partial charge in [0.1, 0.15) is 11.6 Å². The molecule has 3 rings (SSSR count). The summed E-state index contributed by atoms with van der Waals surface area (Å²) in [4.78, 5) is 14.7. The summed E-state index contributed by atoms with van der Waals surface area (Å²) in [6, 6.07) is 5.42. The molecule has 0 spiro atoms. The Morgan fingerprint density at radius 2 is 1.88 bits per heavy atom. The lowest BCUT2D eigenvalue weighted by Crippen LogP contribution is -2.44. The fourth-order valence-electron chi connectivity index (χ4n) is 4.15. The molecule has 1 fully saturated rings. The third-order valence-corrected chi connectivity index (χ3v) is 7.36. The third-order valence-electron chi connectivity index (χ3n) is 5.92. The maximum atomic E-state index is 14.1. The molecule has 190 valence electrons. The van der Waals surface area contributed by atoms with Crippen LogP contribution in [0.4, 0.5) is 4.39 Å². The Kier molecular flexibility index (Phi) is 11.2. The van der Waals surface area contributed by atoms with Gasteiger partial charge in [-0.1, -0.05) is 19.9 Å². The van der Waals surface area contributed by atoms with Crippen molar-refractivity contribution >= 4 is 15.9 Å². The maximum Gasteiger partial charge on any atom is 0.240 e. The molecule has 2 aliphatic rings. The Morgan fingerprint density at radius 1 is 1.21 bits per heavy atom. The molecular weight excluding hydrogens is 457 g/mol. The van der Waals surface area contributed by atoms with E-state index in [9.17, 15) is 17.6 Å². The molecule has 9 heteroatoms. The first-order valence-corrected chi connectivity index (χ1v) is 13.5. The van der Waals surface area contributed by atoms with Gasteiger partial charge in [-0.3, -0.25) is 4.79 Å². The van der Waals surface area contributed by atoms with Crippen LogP contribution in [0.3, 0.4) is 0 Å². The highest BCUT2D eigenvalue weighted by molar-refractivity contribution is 7.89. The van der Waals surface area contributed by atoms with Gasteiger partial charge in [-0.05, 0) is 74.4 Å². The second-order valence-electron chi connectivity index (χ2n) is 8.29. The summed E-state index contributed by atoms with van der Waals surface area (Å²) in [5.41, 5.74) is 6.75. The minimum absolute atomic E-state index is 0.104. The molecule has 1 saturated heterocycles. The summed E-state index contributed by atoms with van der Waals surface area (Å²) in [6.45, 7) is 4.70. The van der Waals surface area contributed by atoms with E-state index in [0.717, 1.165) is 19.3 Å². The Bertz CT molecular complexity index is 961. The van der Waals surface area contributed by atoms with Crippen molar-refractivity contribution in [3.05, 3.63) is 47.8 Å². The van der Waals surface area contributed by atoms with Gasteiger partial charge in [-0.15, -0.1) is 0 Å². The van der Waals surface area contributed by atoms with Gasteiger partial charge in [-0.25, -0.2) is 17.5 Å². The fourth-order valence-corrected chi connectivity index (χ4v) is 5.22. The average Bonchev–Trinajstić information content (AvgIpc) is 3.23. The van der Waals surface area contributed by atoms with Crippen LogP contribution in [0.15, 0.2) is 52.7 Å². The van der Waals surface area contributed by atoms with E-state index in [2.05, 4.69) is 4.72 Å². The van der Waals surface area contributed by atoms with Gasteiger partial charge in [0.2, 0.25) is 15.9 Å². The molecule has 1 aromatic carbocycles. The van der Waals surface area contributed by atoms with E-state index in [1.807, 2.05) is 19.9 Å². The number of likely N-dealkylation sites (tertiary alicyclic amines) is 1. The molecule has 0 saturated carbocycles. The van der Waals surface area contributed by atoms with Crippen molar-refractivity contribution in [2.24, 2.45) is 5.73 Å². The molecule has 34 heavy (non-hydrogen) atoms. The summed E-state index contributed by atoms with van der Waals surface area (Å²) >= 11 is 0. The summed E-state index contributed by atoms with van der Waals surface area (Å²) in [6.07, 6.45) is 7.82. The lowest BCUT2D eigenvalue weighted by molar-refractivity contribution is -0.132. The SMILES string of the molecule is CC.COc1ccc(S(=O)(=O)NC[C@@H]2CCCN2C(=O)CC(N)CC2=CCCCC=C2F)cc1. The van der Waals surface area contributed by atoms with E-state index in [1.165, 1.54) is 19.2 Å². The molecule has 1 unspecified atom stereocenters. The second-order valence-corrected chi connectivity index (χ2v) is 10.1. The van der Waals surface area contributed by atoms with Crippen molar-refractivity contribution in [3.8, 4) is 5.75 Å². The van der Waals surface area contributed by atoms with Gasteiger partial charge in [0.25, 0.3) is 0 Å². The van der Waals surface area contributed by atoms with Crippen LogP contribution in [0, 0.1) is 0 Å². The van der Waals surface area contributed by atoms with E-state index >= 15 is 0 Å². The lowest BCUT2D eigenvalue weighted by Gasteiger charge is -2.26. The largest absolute Gasteiger partial charge is 0.497 e. The number of ether oxygens (including phenoxy) is 1. The molecule has 0 bridgehead atoms.